The molecular formula is C24H25BO4. The Kier molecular flexibility index (Phi) is 4.97. The zero-order chi connectivity index (χ0) is 20.6. The van der Waals surface area contributed by atoms with Crippen LogP contribution >= 0.6 is 0 Å². The summed E-state index contributed by atoms with van der Waals surface area (Å²) in [6, 6.07) is 21.3. The molecule has 0 bridgehead atoms. The van der Waals surface area contributed by atoms with Gasteiger partial charge in [0, 0.05) is 0 Å². The van der Waals surface area contributed by atoms with Gasteiger partial charge >= 0.3 is 13.1 Å². The van der Waals surface area contributed by atoms with E-state index in [0.717, 1.165) is 21.8 Å². The third-order valence-electron chi connectivity index (χ3n) is 5.84. The summed E-state index contributed by atoms with van der Waals surface area (Å²) >= 11 is 0. The summed E-state index contributed by atoms with van der Waals surface area (Å²) in [6.45, 7) is 8.43. The molecule has 0 unspecified atom stereocenters. The second-order valence-electron chi connectivity index (χ2n) is 8.47. The number of hydrogen-bond donors (Lipinski definition) is 0. The molecule has 0 N–H and O–H groups in total. The number of rotatable bonds is 4. The van der Waals surface area contributed by atoms with Crippen LogP contribution in [0.3, 0.4) is 0 Å². The lowest BCUT2D eigenvalue weighted by molar-refractivity contribution is 0.00578. The molecular weight excluding hydrogens is 363 g/mol. The second kappa shape index (κ2) is 7.32. The number of fused-ring (bicyclic) bond motifs is 1. The third-order valence-corrected chi connectivity index (χ3v) is 5.84. The lowest BCUT2D eigenvalue weighted by Gasteiger charge is -2.32. The first-order valence-electron chi connectivity index (χ1n) is 9.86. The normalized spacial score (nSPS) is 17.4. The molecule has 1 aliphatic rings. The average molecular weight is 388 g/mol. The predicted molar refractivity (Wildman–Crippen MR) is 115 cm³/mol. The van der Waals surface area contributed by atoms with Gasteiger partial charge in [0.2, 0.25) is 0 Å². The van der Waals surface area contributed by atoms with Crippen molar-refractivity contribution in [1.82, 2.24) is 0 Å². The van der Waals surface area contributed by atoms with Crippen molar-refractivity contribution in [3.05, 3.63) is 77.9 Å². The van der Waals surface area contributed by atoms with Crippen LogP contribution in [0, 0.1) is 0 Å². The summed E-state index contributed by atoms with van der Waals surface area (Å²) in [5.41, 5.74) is 1.72. The molecule has 0 aliphatic carbocycles. The van der Waals surface area contributed by atoms with Gasteiger partial charge in [0.15, 0.2) is 0 Å². The van der Waals surface area contributed by atoms with Crippen molar-refractivity contribution >= 4 is 29.3 Å². The summed E-state index contributed by atoms with van der Waals surface area (Å²) in [4.78, 5) is 12.4. The minimum Gasteiger partial charge on any atom is -0.457 e. The molecule has 1 fully saturated rings. The van der Waals surface area contributed by atoms with E-state index in [1.54, 1.807) is 6.07 Å². The van der Waals surface area contributed by atoms with Crippen molar-refractivity contribution in [3.8, 4) is 0 Å². The van der Waals surface area contributed by atoms with Crippen LogP contribution in [0.15, 0.2) is 66.7 Å². The molecule has 4 nitrogen and oxygen atoms in total. The summed E-state index contributed by atoms with van der Waals surface area (Å²) < 4.78 is 17.7. The second-order valence-corrected chi connectivity index (χ2v) is 8.47. The van der Waals surface area contributed by atoms with Gasteiger partial charge in [-0.1, -0.05) is 54.6 Å². The highest BCUT2D eigenvalue weighted by molar-refractivity contribution is 6.62. The van der Waals surface area contributed by atoms with E-state index in [0.29, 0.717) is 5.56 Å². The van der Waals surface area contributed by atoms with Crippen LogP contribution in [-0.2, 0) is 20.7 Å². The Bertz CT molecular complexity index is 1030. The average Bonchev–Trinajstić information content (AvgIpc) is 2.93. The minimum absolute atomic E-state index is 0.262. The van der Waals surface area contributed by atoms with Crippen molar-refractivity contribution in [2.24, 2.45) is 0 Å². The SMILES string of the molecule is CC1(C)OB(c2ccc3cc(C(=O)OCc4ccccc4)ccc3c2)OC1(C)C. The standard InChI is InChI=1S/C24H25BO4/c1-23(2)24(3,4)29-25(28-23)21-13-12-18-14-20(11-10-19(18)15-21)22(26)27-16-17-8-6-5-7-9-17/h5-15H,16H2,1-4H3. The Morgan fingerprint density at radius 1 is 0.862 bits per heavy atom. The molecule has 1 aliphatic heterocycles. The van der Waals surface area contributed by atoms with Crippen LogP contribution in [0.2, 0.25) is 0 Å². The largest absolute Gasteiger partial charge is 0.494 e. The highest BCUT2D eigenvalue weighted by atomic mass is 16.7. The number of benzene rings is 3. The van der Waals surface area contributed by atoms with Gasteiger partial charge in [0.1, 0.15) is 6.61 Å². The molecule has 0 radical (unpaired) electrons. The molecule has 4 rings (SSSR count). The van der Waals surface area contributed by atoms with E-state index < -0.39 is 7.12 Å². The van der Waals surface area contributed by atoms with Crippen LogP contribution in [0.1, 0.15) is 43.6 Å². The van der Waals surface area contributed by atoms with E-state index in [-0.39, 0.29) is 23.8 Å². The van der Waals surface area contributed by atoms with Crippen LogP contribution in [0.4, 0.5) is 0 Å². The van der Waals surface area contributed by atoms with E-state index >= 15 is 0 Å². The molecule has 0 amide bonds. The zero-order valence-corrected chi connectivity index (χ0v) is 17.3. The summed E-state index contributed by atoms with van der Waals surface area (Å²) in [6.07, 6.45) is 0. The van der Waals surface area contributed by atoms with E-state index in [2.05, 4.69) is 6.07 Å². The summed E-state index contributed by atoms with van der Waals surface area (Å²) in [7, 11) is -0.403. The fourth-order valence-electron chi connectivity index (χ4n) is 3.32. The lowest BCUT2D eigenvalue weighted by Crippen LogP contribution is -2.41. The Labute approximate surface area is 171 Å². The first-order valence-corrected chi connectivity index (χ1v) is 9.86. The molecule has 0 saturated carbocycles. The van der Waals surface area contributed by atoms with Crippen molar-refractivity contribution in [2.75, 3.05) is 0 Å². The Balaban J connectivity index is 1.51. The van der Waals surface area contributed by atoms with Crippen molar-refractivity contribution in [3.63, 3.8) is 0 Å². The topological polar surface area (TPSA) is 44.8 Å². The molecule has 1 heterocycles. The first kappa shape index (κ1) is 19.7. The van der Waals surface area contributed by atoms with Gasteiger partial charge in [-0.05, 0) is 61.6 Å². The third kappa shape index (κ3) is 3.93. The lowest BCUT2D eigenvalue weighted by atomic mass is 9.78. The highest BCUT2D eigenvalue weighted by Crippen LogP contribution is 2.36. The van der Waals surface area contributed by atoms with Crippen LogP contribution in [0.25, 0.3) is 10.8 Å². The summed E-state index contributed by atoms with van der Waals surface area (Å²) in [5, 5.41) is 2.00. The Morgan fingerprint density at radius 3 is 2.17 bits per heavy atom. The fourth-order valence-corrected chi connectivity index (χ4v) is 3.32. The number of ether oxygens (including phenoxy) is 1. The fraction of sp³-hybridized carbons (Fsp3) is 0.292. The van der Waals surface area contributed by atoms with Crippen molar-refractivity contribution < 1.29 is 18.8 Å². The van der Waals surface area contributed by atoms with Crippen molar-refractivity contribution in [1.29, 1.82) is 0 Å². The molecule has 0 aromatic heterocycles. The van der Waals surface area contributed by atoms with Gasteiger partial charge in [-0.2, -0.15) is 0 Å². The molecule has 5 heteroatoms. The summed E-state index contributed by atoms with van der Waals surface area (Å²) in [5.74, 6) is -0.328. The number of hydrogen-bond acceptors (Lipinski definition) is 4. The Morgan fingerprint density at radius 2 is 1.48 bits per heavy atom. The Hall–Kier alpha value is -2.63. The monoisotopic (exact) mass is 388 g/mol. The van der Waals surface area contributed by atoms with E-state index in [4.69, 9.17) is 14.0 Å². The van der Waals surface area contributed by atoms with E-state index in [1.807, 2.05) is 82.3 Å². The number of carbonyl (C=O) groups excluding carboxylic acids is 1. The van der Waals surface area contributed by atoms with Crippen LogP contribution < -0.4 is 5.46 Å². The van der Waals surface area contributed by atoms with E-state index in [1.165, 1.54) is 0 Å². The first-order chi connectivity index (χ1) is 13.7. The smallest absolute Gasteiger partial charge is 0.457 e. The van der Waals surface area contributed by atoms with Crippen molar-refractivity contribution in [2.45, 2.75) is 45.5 Å². The van der Waals surface area contributed by atoms with Gasteiger partial charge in [0.05, 0.1) is 16.8 Å². The van der Waals surface area contributed by atoms with Gasteiger partial charge in [-0.25, -0.2) is 4.79 Å². The van der Waals surface area contributed by atoms with Crippen LogP contribution in [0.5, 0.6) is 0 Å². The maximum absolute atomic E-state index is 12.4. The molecule has 3 aromatic carbocycles. The molecule has 0 atom stereocenters. The number of esters is 1. The maximum Gasteiger partial charge on any atom is 0.494 e. The van der Waals surface area contributed by atoms with Gasteiger partial charge in [0.25, 0.3) is 0 Å². The van der Waals surface area contributed by atoms with Gasteiger partial charge in [-0.3, -0.25) is 0 Å². The molecule has 3 aromatic rings. The number of carbonyl (C=O) groups is 1. The zero-order valence-electron chi connectivity index (χ0n) is 17.3. The highest BCUT2D eigenvalue weighted by Gasteiger charge is 2.51. The maximum atomic E-state index is 12.4. The molecule has 1 saturated heterocycles. The van der Waals surface area contributed by atoms with E-state index in [9.17, 15) is 4.79 Å². The van der Waals surface area contributed by atoms with Gasteiger partial charge in [-0.15, -0.1) is 0 Å². The van der Waals surface area contributed by atoms with Crippen LogP contribution in [-0.4, -0.2) is 24.3 Å². The molecule has 148 valence electrons. The molecule has 29 heavy (non-hydrogen) atoms. The molecule has 0 spiro atoms. The quantitative estimate of drug-likeness (QED) is 0.488. The van der Waals surface area contributed by atoms with Gasteiger partial charge < -0.3 is 14.0 Å². The minimum atomic E-state index is -0.403. The predicted octanol–water partition coefficient (Wildman–Crippen LogP) is 4.50.